The predicted octanol–water partition coefficient (Wildman–Crippen LogP) is 3.92. The Morgan fingerprint density at radius 2 is 1.70 bits per heavy atom. The lowest BCUT2D eigenvalue weighted by Gasteiger charge is -2.30. The van der Waals surface area contributed by atoms with Crippen molar-refractivity contribution in [3.8, 4) is 5.75 Å². The van der Waals surface area contributed by atoms with Crippen molar-refractivity contribution in [2.24, 2.45) is 0 Å². The van der Waals surface area contributed by atoms with E-state index >= 15 is 0 Å². The number of amides is 1. The van der Waals surface area contributed by atoms with E-state index in [4.69, 9.17) is 16.3 Å². The lowest BCUT2D eigenvalue weighted by atomic mass is 10.1. The lowest BCUT2D eigenvalue weighted by Crippen LogP contribution is -2.46. The zero-order valence-electron chi connectivity index (χ0n) is 15.5. The number of benzene rings is 2. The number of anilines is 2. The van der Waals surface area contributed by atoms with Crippen LogP contribution in [0.15, 0.2) is 48.5 Å². The highest BCUT2D eigenvalue weighted by Crippen LogP contribution is 2.26. The first-order chi connectivity index (χ1) is 12.8. The van der Waals surface area contributed by atoms with Gasteiger partial charge in [-0.05, 0) is 61.9 Å². The third kappa shape index (κ3) is 5.61. The molecule has 0 saturated heterocycles. The number of nitrogens with one attached hydrogen (secondary N) is 1. The number of hydrogen-bond acceptors (Lipinski definition) is 4. The van der Waals surface area contributed by atoms with Gasteiger partial charge >= 0.3 is 0 Å². The molecular formula is C19H23ClN2O4S. The van der Waals surface area contributed by atoms with Crippen LogP contribution in [0.25, 0.3) is 0 Å². The van der Waals surface area contributed by atoms with Gasteiger partial charge in [0.1, 0.15) is 11.8 Å². The van der Waals surface area contributed by atoms with E-state index < -0.39 is 22.0 Å². The Balaban J connectivity index is 2.32. The summed E-state index contributed by atoms with van der Waals surface area (Å²) in [7, 11) is -3.69. The molecule has 0 radical (unpaired) electrons. The van der Waals surface area contributed by atoms with Crippen molar-refractivity contribution in [2.75, 3.05) is 22.5 Å². The standard InChI is InChI=1S/C19H23ClN2O4S/c1-4-18(19(23)21-15-8-6-14(20)7-9-15)22(27(3,24)25)16-10-12-17(13-11-16)26-5-2/h6-13,18H,4-5H2,1-3H3,(H,21,23)/t18-/m1/s1. The van der Waals surface area contributed by atoms with Crippen LogP contribution >= 0.6 is 11.6 Å². The molecule has 0 aliphatic rings. The van der Waals surface area contributed by atoms with Gasteiger partial charge in [0.05, 0.1) is 18.6 Å². The van der Waals surface area contributed by atoms with Crippen LogP contribution in [-0.4, -0.2) is 33.2 Å². The van der Waals surface area contributed by atoms with Crippen LogP contribution in [0, 0.1) is 0 Å². The van der Waals surface area contributed by atoms with Crippen LogP contribution in [-0.2, 0) is 14.8 Å². The molecule has 146 valence electrons. The molecule has 8 heteroatoms. The van der Waals surface area contributed by atoms with Crippen molar-refractivity contribution in [3.63, 3.8) is 0 Å². The third-order valence-electron chi connectivity index (χ3n) is 3.84. The number of carbonyl (C=O) groups excluding carboxylic acids is 1. The quantitative estimate of drug-likeness (QED) is 0.715. The fraction of sp³-hybridized carbons (Fsp3) is 0.316. The highest BCUT2D eigenvalue weighted by Gasteiger charge is 2.31. The van der Waals surface area contributed by atoms with Gasteiger partial charge in [-0.2, -0.15) is 0 Å². The first kappa shape index (κ1) is 21.1. The van der Waals surface area contributed by atoms with Gasteiger partial charge in [0.15, 0.2) is 0 Å². The van der Waals surface area contributed by atoms with Gasteiger partial charge in [-0.1, -0.05) is 18.5 Å². The molecule has 2 aromatic carbocycles. The second-order valence-corrected chi connectivity index (χ2v) is 8.20. The number of ether oxygens (including phenoxy) is 1. The van der Waals surface area contributed by atoms with Gasteiger partial charge in [-0.15, -0.1) is 0 Å². The maximum atomic E-state index is 12.8. The molecule has 6 nitrogen and oxygen atoms in total. The fourth-order valence-corrected chi connectivity index (χ4v) is 4.01. The van der Waals surface area contributed by atoms with E-state index in [1.165, 1.54) is 0 Å². The summed E-state index contributed by atoms with van der Waals surface area (Å²) >= 11 is 5.85. The molecule has 0 aliphatic heterocycles. The van der Waals surface area contributed by atoms with E-state index in [-0.39, 0.29) is 0 Å². The molecule has 0 aliphatic carbocycles. The van der Waals surface area contributed by atoms with Gasteiger partial charge in [-0.25, -0.2) is 8.42 Å². The Morgan fingerprint density at radius 1 is 1.11 bits per heavy atom. The first-order valence-electron chi connectivity index (χ1n) is 8.55. The summed E-state index contributed by atoms with van der Waals surface area (Å²) in [4.78, 5) is 12.8. The molecule has 0 saturated carbocycles. The van der Waals surface area contributed by atoms with Gasteiger partial charge in [-0.3, -0.25) is 9.10 Å². The lowest BCUT2D eigenvalue weighted by molar-refractivity contribution is -0.117. The van der Waals surface area contributed by atoms with E-state index in [2.05, 4.69) is 5.32 Å². The van der Waals surface area contributed by atoms with Crippen molar-refractivity contribution in [1.82, 2.24) is 0 Å². The molecule has 1 amide bonds. The highest BCUT2D eigenvalue weighted by atomic mass is 35.5. The third-order valence-corrected chi connectivity index (χ3v) is 5.28. The molecule has 0 bridgehead atoms. The summed E-state index contributed by atoms with van der Waals surface area (Å²) in [5.74, 6) is 0.215. The minimum absolute atomic E-state index is 0.305. The number of carbonyl (C=O) groups is 1. The maximum Gasteiger partial charge on any atom is 0.248 e. The summed E-state index contributed by atoms with van der Waals surface area (Å²) in [5, 5.41) is 3.29. The largest absolute Gasteiger partial charge is 0.494 e. The van der Waals surface area contributed by atoms with Gasteiger partial charge in [0.2, 0.25) is 15.9 Å². The fourth-order valence-electron chi connectivity index (χ4n) is 2.68. The van der Waals surface area contributed by atoms with E-state index in [1.54, 1.807) is 55.5 Å². The Bertz CT molecular complexity index is 868. The SMILES string of the molecule is CCOc1ccc(N([C@H](CC)C(=O)Nc2ccc(Cl)cc2)S(C)(=O)=O)cc1. The van der Waals surface area contributed by atoms with Crippen LogP contribution in [0.1, 0.15) is 20.3 Å². The van der Waals surface area contributed by atoms with E-state index in [0.717, 1.165) is 10.6 Å². The molecule has 0 aromatic heterocycles. The second kappa shape index (κ2) is 9.10. The Labute approximate surface area is 165 Å². The molecule has 0 heterocycles. The van der Waals surface area contributed by atoms with Crippen molar-refractivity contribution in [2.45, 2.75) is 26.3 Å². The predicted molar refractivity (Wildman–Crippen MR) is 109 cm³/mol. The minimum Gasteiger partial charge on any atom is -0.494 e. The summed E-state index contributed by atoms with van der Waals surface area (Å²) in [6.07, 6.45) is 1.39. The van der Waals surface area contributed by atoms with Crippen molar-refractivity contribution >= 4 is 38.9 Å². The summed E-state index contributed by atoms with van der Waals surface area (Å²) < 4.78 is 31.4. The van der Waals surface area contributed by atoms with Crippen LogP contribution in [0.2, 0.25) is 5.02 Å². The minimum atomic E-state index is -3.69. The van der Waals surface area contributed by atoms with E-state index in [9.17, 15) is 13.2 Å². The number of nitrogens with zero attached hydrogens (tertiary/aromatic N) is 1. The molecule has 1 atom stereocenters. The zero-order valence-corrected chi connectivity index (χ0v) is 17.0. The van der Waals surface area contributed by atoms with Crippen LogP contribution < -0.4 is 14.4 Å². The maximum absolute atomic E-state index is 12.8. The summed E-state index contributed by atoms with van der Waals surface area (Å²) in [5.41, 5.74) is 0.946. The highest BCUT2D eigenvalue weighted by molar-refractivity contribution is 7.92. The van der Waals surface area contributed by atoms with Gasteiger partial charge in [0.25, 0.3) is 0 Å². The van der Waals surface area contributed by atoms with Crippen LogP contribution in [0.4, 0.5) is 11.4 Å². The van der Waals surface area contributed by atoms with E-state index in [1.807, 2.05) is 6.92 Å². The van der Waals surface area contributed by atoms with Crippen molar-refractivity contribution < 1.29 is 17.9 Å². The molecule has 2 rings (SSSR count). The number of rotatable bonds is 8. The summed E-state index contributed by atoms with van der Waals surface area (Å²) in [6, 6.07) is 12.4. The molecule has 0 spiro atoms. The molecule has 1 N–H and O–H groups in total. The number of sulfonamides is 1. The number of halogens is 1. The molecule has 0 fully saturated rings. The topological polar surface area (TPSA) is 75.7 Å². The van der Waals surface area contributed by atoms with Gasteiger partial charge < -0.3 is 10.1 Å². The molecule has 0 unspecified atom stereocenters. The Morgan fingerprint density at radius 3 is 2.19 bits per heavy atom. The smallest absolute Gasteiger partial charge is 0.248 e. The monoisotopic (exact) mass is 410 g/mol. The Hall–Kier alpha value is -2.25. The summed E-state index contributed by atoms with van der Waals surface area (Å²) in [6.45, 7) is 4.14. The molecule has 27 heavy (non-hydrogen) atoms. The average molecular weight is 411 g/mol. The number of hydrogen-bond donors (Lipinski definition) is 1. The van der Waals surface area contributed by atoms with E-state index in [0.29, 0.717) is 35.2 Å². The zero-order chi connectivity index (χ0) is 20.0. The van der Waals surface area contributed by atoms with Crippen LogP contribution in [0.5, 0.6) is 5.75 Å². The average Bonchev–Trinajstić information content (AvgIpc) is 2.61. The van der Waals surface area contributed by atoms with Crippen LogP contribution in [0.3, 0.4) is 0 Å². The van der Waals surface area contributed by atoms with Gasteiger partial charge in [0, 0.05) is 10.7 Å². The molecule has 2 aromatic rings. The normalized spacial score (nSPS) is 12.3. The van der Waals surface area contributed by atoms with Crippen molar-refractivity contribution in [3.05, 3.63) is 53.6 Å². The first-order valence-corrected chi connectivity index (χ1v) is 10.8. The van der Waals surface area contributed by atoms with Crippen molar-refractivity contribution in [1.29, 1.82) is 0 Å². The second-order valence-electron chi connectivity index (χ2n) is 5.91. The Kier molecular flexibility index (Phi) is 7.10. The molecular weight excluding hydrogens is 388 g/mol.